The van der Waals surface area contributed by atoms with E-state index in [1.165, 1.54) is 0 Å². The Morgan fingerprint density at radius 2 is 2.00 bits per heavy atom. The Balaban J connectivity index is 1.94. The SMILES string of the molecule is C#Cc1cccc(C2(O)CC3CCC(C2)O3)c1. The van der Waals surface area contributed by atoms with E-state index in [2.05, 4.69) is 5.92 Å². The Morgan fingerprint density at radius 1 is 1.29 bits per heavy atom. The molecule has 2 heteroatoms. The molecule has 1 N–H and O–H groups in total. The largest absolute Gasteiger partial charge is 0.385 e. The summed E-state index contributed by atoms with van der Waals surface area (Å²) < 4.78 is 5.77. The maximum absolute atomic E-state index is 10.8. The van der Waals surface area contributed by atoms with E-state index in [0.29, 0.717) is 12.8 Å². The van der Waals surface area contributed by atoms with Crippen LogP contribution in [0.1, 0.15) is 36.8 Å². The van der Waals surface area contributed by atoms with Crippen LogP contribution in [-0.2, 0) is 10.3 Å². The summed E-state index contributed by atoms with van der Waals surface area (Å²) in [6, 6.07) is 7.69. The van der Waals surface area contributed by atoms with Crippen LogP contribution in [0.2, 0.25) is 0 Å². The van der Waals surface area contributed by atoms with Crippen molar-refractivity contribution < 1.29 is 9.84 Å². The van der Waals surface area contributed by atoms with Crippen LogP contribution in [0.5, 0.6) is 0 Å². The van der Waals surface area contributed by atoms with E-state index in [-0.39, 0.29) is 12.2 Å². The number of hydrogen-bond donors (Lipinski definition) is 1. The normalized spacial score (nSPS) is 35.5. The third-order valence-corrected chi connectivity index (χ3v) is 3.89. The summed E-state index contributed by atoms with van der Waals surface area (Å²) in [4.78, 5) is 0. The molecule has 2 aliphatic rings. The van der Waals surface area contributed by atoms with E-state index < -0.39 is 5.60 Å². The van der Waals surface area contributed by atoms with Crippen LogP contribution in [0.3, 0.4) is 0 Å². The van der Waals surface area contributed by atoms with Crippen molar-refractivity contribution in [2.45, 2.75) is 43.5 Å². The van der Waals surface area contributed by atoms with E-state index >= 15 is 0 Å². The van der Waals surface area contributed by atoms with Gasteiger partial charge in [-0.2, -0.15) is 0 Å². The smallest absolute Gasteiger partial charge is 0.0946 e. The Labute approximate surface area is 102 Å². The summed E-state index contributed by atoms with van der Waals surface area (Å²) in [6.07, 6.45) is 9.36. The number of hydrogen-bond acceptors (Lipinski definition) is 2. The van der Waals surface area contributed by atoms with Crippen molar-refractivity contribution in [3.8, 4) is 12.3 Å². The molecular weight excluding hydrogens is 212 g/mol. The first-order valence-corrected chi connectivity index (χ1v) is 6.15. The number of ether oxygens (including phenoxy) is 1. The van der Waals surface area contributed by atoms with Crippen LogP contribution in [0.15, 0.2) is 24.3 Å². The zero-order valence-corrected chi connectivity index (χ0v) is 9.73. The van der Waals surface area contributed by atoms with Crippen LogP contribution < -0.4 is 0 Å². The average Bonchev–Trinajstić information content (AvgIpc) is 2.69. The molecule has 2 saturated heterocycles. The van der Waals surface area contributed by atoms with Crippen LogP contribution >= 0.6 is 0 Å². The van der Waals surface area contributed by atoms with Crippen molar-refractivity contribution in [3.63, 3.8) is 0 Å². The monoisotopic (exact) mass is 228 g/mol. The quantitative estimate of drug-likeness (QED) is 0.747. The molecule has 2 fully saturated rings. The predicted molar refractivity (Wildman–Crippen MR) is 65.4 cm³/mol. The first-order valence-electron chi connectivity index (χ1n) is 6.15. The second-order valence-electron chi connectivity index (χ2n) is 5.12. The number of fused-ring (bicyclic) bond motifs is 2. The van der Waals surface area contributed by atoms with Gasteiger partial charge in [0.2, 0.25) is 0 Å². The Kier molecular flexibility index (Phi) is 2.47. The maximum Gasteiger partial charge on any atom is 0.0946 e. The summed E-state index contributed by atoms with van der Waals surface area (Å²) in [6.45, 7) is 0. The van der Waals surface area contributed by atoms with Gasteiger partial charge >= 0.3 is 0 Å². The summed E-state index contributed by atoms with van der Waals surface area (Å²) in [5, 5.41) is 10.8. The fraction of sp³-hybridized carbons (Fsp3) is 0.467. The molecule has 0 aliphatic carbocycles. The van der Waals surface area contributed by atoms with Gasteiger partial charge in [-0.3, -0.25) is 0 Å². The molecular formula is C15H16O2. The highest BCUT2D eigenvalue weighted by Gasteiger charge is 2.44. The van der Waals surface area contributed by atoms with Crippen LogP contribution in [-0.4, -0.2) is 17.3 Å². The molecule has 2 heterocycles. The highest BCUT2D eigenvalue weighted by atomic mass is 16.5. The van der Waals surface area contributed by atoms with Crippen molar-refractivity contribution in [2.75, 3.05) is 0 Å². The molecule has 88 valence electrons. The molecule has 0 spiro atoms. The molecule has 2 atom stereocenters. The lowest BCUT2D eigenvalue weighted by molar-refractivity contribution is -0.115. The predicted octanol–water partition coefficient (Wildman–Crippen LogP) is 2.20. The molecule has 0 amide bonds. The molecule has 1 aromatic rings. The third-order valence-electron chi connectivity index (χ3n) is 3.89. The molecule has 1 aromatic carbocycles. The molecule has 2 nitrogen and oxygen atoms in total. The van der Waals surface area contributed by atoms with Gasteiger partial charge < -0.3 is 9.84 Å². The van der Waals surface area contributed by atoms with E-state index in [0.717, 1.165) is 24.0 Å². The lowest BCUT2D eigenvalue weighted by Gasteiger charge is -2.37. The molecule has 17 heavy (non-hydrogen) atoms. The molecule has 0 saturated carbocycles. The molecule has 2 unspecified atom stereocenters. The first-order chi connectivity index (χ1) is 8.19. The lowest BCUT2D eigenvalue weighted by atomic mass is 9.83. The molecule has 0 radical (unpaired) electrons. The van der Waals surface area contributed by atoms with Gasteiger partial charge in [-0.15, -0.1) is 6.42 Å². The highest BCUT2D eigenvalue weighted by molar-refractivity contribution is 5.38. The Hall–Kier alpha value is -1.30. The molecule has 2 aliphatic heterocycles. The third kappa shape index (κ3) is 1.86. The van der Waals surface area contributed by atoms with Gasteiger partial charge in [0.1, 0.15) is 0 Å². The van der Waals surface area contributed by atoms with Crippen molar-refractivity contribution in [3.05, 3.63) is 35.4 Å². The zero-order chi connectivity index (χ0) is 11.9. The van der Waals surface area contributed by atoms with Crippen LogP contribution in [0, 0.1) is 12.3 Å². The Bertz CT molecular complexity index is 460. The lowest BCUT2D eigenvalue weighted by Crippen LogP contribution is -2.38. The maximum atomic E-state index is 10.8. The number of terminal acetylenes is 1. The van der Waals surface area contributed by atoms with E-state index in [4.69, 9.17) is 11.2 Å². The number of benzene rings is 1. The minimum atomic E-state index is -0.753. The van der Waals surface area contributed by atoms with Crippen molar-refractivity contribution in [2.24, 2.45) is 0 Å². The van der Waals surface area contributed by atoms with Gasteiger partial charge in [-0.1, -0.05) is 18.1 Å². The first kappa shape index (κ1) is 10.8. The van der Waals surface area contributed by atoms with Crippen LogP contribution in [0.4, 0.5) is 0 Å². The minimum absolute atomic E-state index is 0.216. The zero-order valence-electron chi connectivity index (χ0n) is 9.73. The van der Waals surface area contributed by atoms with E-state index in [1.54, 1.807) is 0 Å². The second kappa shape index (κ2) is 3.87. The fourth-order valence-electron chi connectivity index (χ4n) is 3.05. The second-order valence-corrected chi connectivity index (χ2v) is 5.12. The number of aliphatic hydroxyl groups is 1. The van der Waals surface area contributed by atoms with Gasteiger partial charge in [0, 0.05) is 18.4 Å². The summed E-state index contributed by atoms with van der Waals surface area (Å²) in [5.74, 6) is 2.62. The van der Waals surface area contributed by atoms with E-state index in [9.17, 15) is 5.11 Å². The average molecular weight is 228 g/mol. The van der Waals surface area contributed by atoms with Crippen molar-refractivity contribution >= 4 is 0 Å². The minimum Gasteiger partial charge on any atom is -0.385 e. The summed E-state index contributed by atoms with van der Waals surface area (Å²) in [7, 11) is 0. The van der Waals surface area contributed by atoms with Gasteiger partial charge in [-0.05, 0) is 30.5 Å². The van der Waals surface area contributed by atoms with Gasteiger partial charge in [0.05, 0.1) is 17.8 Å². The van der Waals surface area contributed by atoms with Gasteiger partial charge in [0.25, 0.3) is 0 Å². The standard InChI is InChI=1S/C15H16O2/c1-2-11-4-3-5-12(8-11)15(16)9-13-6-7-14(10-15)17-13/h1,3-5,8,13-14,16H,6-7,9-10H2. The van der Waals surface area contributed by atoms with E-state index in [1.807, 2.05) is 24.3 Å². The topological polar surface area (TPSA) is 29.5 Å². The van der Waals surface area contributed by atoms with Crippen LogP contribution in [0.25, 0.3) is 0 Å². The highest BCUT2D eigenvalue weighted by Crippen LogP contribution is 2.43. The molecule has 3 rings (SSSR count). The molecule has 2 bridgehead atoms. The Morgan fingerprint density at radius 3 is 2.65 bits per heavy atom. The van der Waals surface area contributed by atoms with Crippen molar-refractivity contribution in [1.29, 1.82) is 0 Å². The molecule has 0 aromatic heterocycles. The van der Waals surface area contributed by atoms with Gasteiger partial charge in [0.15, 0.2) is 0 Å². The summed E-state index contributed by atoms with van der Waals surface area (Å²) in [5.41, 5.74) is 1.01. The number of rotatable bonds is 1. The van der Waals surface area contributed by atoms with Crippen molar-refractivity contribution in [1.82, 2.24) is 0 Å². The summed E-state index contributed by atoms with van der Waals surface area (Å²) >= 11 is 0. The fourth-order valence-corrected chi connectivity index (χ4v) is 3.05. The van der Waals surface area contributed by atoms with Gasteiger partial charge in [-0.25, -0.2) is 0 Å².